The maximum absolute atomic E-state index is 15.8. The van der Waals surface area contributed by atoms with Crippen LogP contribution >= 0.6 is 0 Å². The number of halogens is 20. The summed E-state index contributed by atoms with van der Waals surface area (Å²) in [6.45, 7) is 0. The lowest BCUT2D eigenvalue weighted by molar-refractivity contribution is 0.368. The van der Waals surface area contributed by atoms with Gasteiger partial charge in [-0.15, -0.1) is 0 Å². The zero-order valence-electron chi connectivity index (χ0n) is 32.2. The van der Waals surface area contributed by atoms with Crippen LogP contribution in [0.15, 0.2) is 59.2 Å². The molecule has 0 radical (unpaired) electrons. The minimum Gasteiger partial charge on any atom is -0.357 e. The van der Waals surface area contributed by atoms with Crippen molar-refractivity contribution in [3.05, 3.63) is 226 Å². The molecular formula is C44H12F20N4. The van der Waals surface area contributed by atoms with Crippen LogP contribution in [0, 0.1) is 116 Å². The summed E-state index contributed by atoms with van der Waals surface area (Å²) in [6, 6.07) is 4.02. The van der Waals surface area contributed by atoms with Gasteiger partial charge in [-0.05, 0) is 48.6 Å². The molecule has 4 nitrogen and oxygen atoms in total. The van der Waals surface area contributed by atoms with Crippen LogP contribution in [0.2, 0.25) is 0 Å². The highest BCUT2D eigenvalue weighted by atomic mass is 19.2. The highest BCUT2D eigenvalue weighted by Gasteiger charge is 2.38. The Hall–Kier alpha value is -7.79. The molecule has 9 rings (SSSR count). The molecule has 0 saturated heterocycles. The second-order valence-corrected chi connectivity index (χ2v) is 14.5. The van der Waals surface area contributed by atoms with Crippen LogP contribution in [0.1, 0.15) is 50.9 Å². The van der Waals surface area contributed by atoms with E-state index in [9.17, 15) is 52.7 Å². The molecule has 0 amide bonds. The Balaban J connectivity index is 1.52. The molecule has 1 unspecified atom stereocenters. The van der Waals surface area contributed by atoms with E-state index in [2.05, 4.69) is 19.9 Å². The van der Waals surface area contributed by atoms with Gasteiger partial charge in [0.1, 0.15) is 0 Å². The first-order valence-corrected chi connectivity index (χ1v) is 18.5. The van der Waals surface area contributed by atoms with Crippen LogP contribution in [0.5, 0.6) is 0 Å². The van der Waals surface area contributed by atoms with Gasteiger partial charge in [-0.25, -0.2) is 92.8 Å². The van der Waals surface area contributed by atoms with E-state index in [4.69, 9.17) is 0 Å². The summed E-state index contributed by atoms with van der Waals surface area (Å²) in [5.74, 6) is -54.7. The molecule has 0 spiro atoms. The fourth-order valence-electron chi connectivity index (χ4n) is 7.82. The van der Waals surface area contributed by atoms with E-state index in [0.717, 1.165) is 0 Å². The van der Waals surface area contributed by atoms with Crippen molar-refractivity contribution < 1.29 is 87.8 Å². The van der Waals surface area contributed by atoms with Crippen molar-refractivity contribution in [2.45, 2.75) is 5.92 Å². The van der Waals surface area contributed by atoms with Crippen molar-refractivity contribution in [2.24, 2.45) is 4.99 Å². The lowest BCUT2D eigenvalue weighted by Crippen LogP contribution is -2.23. The Kier molecular flexibility index (Phi) is 10.6. The number of hydrogen-bond donors (Lipinski definition) is 3. The molecule has 8 bridgehead atoms. The molecule has 7 aromatic rings. The van der Waals surface area contributed by atoms with Gasteiger partial charge in [-0.2, -0.15) is 0 Å². The predicted octanol–water partition coefficient (Wildman–Crippen LogP) is 10.9. The molecule has 68 heavy (non-hydrogen) atoms. The second kappa shape index (κ2) is 15.9. The van der Waals surface area contributed by atoms with Gasteiger partial charge in [0.2, 0.25) is 23.3 Å². The van der Waals surface area contributed by atoms with Gasteiger partial charge in [-0.3, -0.25) is 0 Å². The van der Waals surface area contributed by atoms with Crippen LogP contribution in [0.3, 0.4) is 0 Å². The van der Waals surface area contributed by atoms with Gasteiger partial charge in [0.25, 0.3) is 0 Å². The van der Waals surface area contributed by atoms with E-state index in [1.165, 1.54) is 0 Å². The van der Waals surface area contributed by atoms with Crippen molar-refractivity contribution in [3.63, 3.8) is 0 Å². The summed E-state index contributed by atoms with van der Waals surface area (Å²) in [4.78, 5) is 10.8. The number of aromatic nitrogens is 3. The number of fused-ring (bicyclic) bond motifs is 7. The molecule has 24 heteroatoms. The smallest absolute Gasteiger partial charge is 0.200 e. The molecule has 348 valence electrons. The average molecular weight is 977 g/mol. The number of hydrogen-bond acceptors (Lipinski definition) is 1. The minimum absolute atomic E-state index is 0.611. The molecule has 2 aliphatic heterocycles. The molecule has 0 aliphatic carbocycles. The number of rotatable bonds is 4. The molecule has 0 fully saturated rings. The van der Waals surface area contributed by atoms with E-state index in [0.29, 0.717) is 48.6 Å². The first kappa shape index (κ1) is 45.4. The van der Waals surface area contributed by atoms with Crippen molar-refractivity contribution in [1.29, 1.82) is 0 Å². The van der Waals surface area contributed by atoms with Crippen molar-refractivity contribution in [1.82, 2.24) is 15.0 Å². The third kappa shape index (κ3) is 6.42. The Morgan fingerprint density at radius 1 is 0.309 bits per heavy atom. The van der Waals surface area contributed by atoms with Gasteiger partial charge in [-0.1, -0.05) is 0 Å². The fraction of sp³-hybridized carbons (Fsp3) is 0.0227. The SMILES string of the molecule is Fc1c(F)c(F)c(/C2=C3\C=CC(=N3)/C(c3c(F)c(F)c(F)c(F)c3F)=c3/cc/c([nH]3)=C(\c3c(F)c(F)c(F)c(F)c3F)c3ccc([nH]3)C(c3c(F)c(F)c(F)c(F)c3F)c3ccc2[nH]3)c(F)c1F. The van der Waals surface area contributed by atoms with E-state index < -0.39 is 206 Å². The summed E-state index contributed by atoms with van der Waals surface area (Å²) in [5, 5.41) is -1.83. The average Bonchev–Trinajstić information content (AvgIpc) is 4.18. The zero-order chi connectivity index (χ0) is 49.3. The largest absolute Gasteiger partial charge is 0.357 e. The number of aromatic amines is 3. The number of nitrogens with one attached hydrogen (secondary N) is 3. The lowest BCUT2D eigenvalue weighted by atomic mass is 9.91. The third-order valence-corrected chi connectivity index (χ3v) is 10.9. The molecule has 5 heterocycles. The molecule has 0 saturated carbocycles. The Bertz CT molecular complexity index is 3530. The summed E-state index contributed by atoms with van der Waals surface area (Å²) in [6.07, 6.45) is 1.22. The number of nitrogens with zero attached hydrogens (tertiary/aromatic N) is 1. The van der Waals surface area contributed by atoms with Crippen LogP contribution in [-0.4, -0.2) is 20.7 Å². The Labute approximate surface area is 362 Å². The molecule has 1 atom stereocenters. The van der Waals surface area contributed by atoms with Crippen molar-refractivity contribution in [3.8, 4) is 0 Å². The van der Waals surface area contributed by atoms with Crippen LogP contribution in [0.25, 0.3) is 16.7 Å². The Morgan fingerprint density at radius 2 is 0.632 bits per heavy atom. The van der Waals surface area contributed by atoms with E-state index in [1.54, 1.807) is 0 Å². The zero-order valence-corrected chi connectivity index (χ0v) is 32.2. The predicted molar refractivity (Wildman–Crippen MR) is 194 cm³/mol. The Morgan fingerprint density at radius 3 is 1.04 bits per heavy atom. The summed E-state index contributed by atoms with van der Waals surface area (Å²) < 4.78 is 303. The molecule has 3 aromatic heterocycles. The van der Waals surface area contributed by atoms with Gasteiger partial charge < -0.3 is 15.0 Å². The van der Waals surface area contributed by atoms with E-state index in [1.807, 2.05) is 0 Å². The number of benzene rings is 4. The molecule has 4 aromatic carbocycles. The number of aliphatic imine (C=N–C) groups is 1. The van der Waals surface area contributed by atoms with Crippen LogP contribution in [0.4, 0.5) is 87.8 Å². The monoisotopic (exact) mass is 976 g/mol. The first-order valence-electron chi connectivity index (χ1n) is 18.5. The van der Waals surface area contributed by atoms with Crippen LogP contribution < -0.4 is 10.7 Å². The topological polar surface area (TPSA) is 59.7 Å². The normalized spacial score (nSPS) is 17.5. The van der Waals surface area contributed by atoms with Gasteiger partial charge >= 0.3 is 0 Å². The van der Waals surface area contributed by atoms with Gasteiger partial charge in [0.15, 0.2) is 93.1 Å². The highest BCUT2D eigenvalue weighted by Crippen LogP contribution is 2.42. The third-order valence-electron chi connectivity index (χ3n) is 10.9. The minimum atomic E-state index is -2.71. The first-order chi connectivity index (χ1) is 32.1. The number of H-pyrrole nitrogens is 3. The summed E-state index contributed by atoms with van der Waals surface area (Å²) in [5.41, 5.74) is -16.5. The molecule has 2 aliphatic rings. The van der Waals surface area contributed by atoms with E-state index >= 15 is 35.1 Å². The fourth-order valence-corrected chi connectivity index (χ4v) is 7.82. The highest BCUT2D eigenvalue weighted by molar-refractivity contribution is 6.30. The van der Waals surface area contributed by atoms with E-state index in [-0.39, 0.29) is 0 Å². The van der Waals surface area contributed by atoms with Gasteiger partial charge in [0.05, 0.1) is 34.0 Å². The maximum atomic E-state index is 15.8. The summed E-state index contributed by atoms with van der Waals surface area (Å²) in [7, 11) is 0. The lowest BCUT2D eigenvalue weighted by Gasteiger charge is -2.19. The van der Waals surface area contributed by atoms with Gasteiger partial charge in [0, 0.05) is 55.8 Å². The van der Waals surface area contributed by atoms with Crippen molar-refractivity contribution in [2.75, 3.05) is 0 Å². The second-order valence-electron chi connectivity index (χ2n) is 14.5. The van der Waals surface area contributed by atoms with Crippen molar-refractivity contribution >= 4 is 22.4 Å². The standard InChI is InChI=1S/C44H12F20N4/c45-25-21(26(46)34(54)41(61)33(25)53)17-9-1-2-10(65-9)18(22-27(47)35(55)42(62)36(56)28(22)48)12-5-6-14(67-12)20(24-31(51)39(59)44(64)40(60)32(24)52)16-8-7-15(68-16)19(13-4-3-11(17)66-13)23-29(49)37(57)43(63)38(58)30(23)50/h1-8,17,65-67H/b18-12+,19-15+,20-14+. The summed E-state index contributed by atoms with van der Waals surface area (Å²) >= 11 is 0. The molecule has 3 N–H and O–H groups in total. The van der Waals surface area contributed by atoms with Crippen LogP contribution in [-0.2, 0) is 0 Å². The maximum Gasteiger partial charge on any atom is 0.200 e. The number of allylic oxidation sites excluding steroid dienone is 2. The quantitative estimate of drug-likeness (QED) is 0.0894. The molecular weight excluding hydrogens is 964 g/mol.